The second-order valence-electron chi connectivity index (χ2n) is 4.62. The first-order valence-corrected chi connectivity index (χ1v) is 6.64. The zero-order valence-electron chi connectivity index (χ0n) is 12.2. The van der Waals surface area contributed by atoms with Crippen molar-refractivity contribution in [3.8, 4) is 5.75 Å². The molecule has 0 atom stereocenters. The molecule has 118 valence electrons. The molecule has 0 aliphatic heterocycles. The molecule has 0 unspecified atom stereocenters. The van der Waals surface area contributed by atoms with E-state index in [-0.39, 0.29) is 23.6 Å². The highest BCUT2D eigenvalue weighted by Crippen LogP contribution is 2.16. The van der Waals surface area contributed by atoms with Gasteiger partial charge in [-0.2, -0.15) is 0 Å². The molecule has 0 N–H and O–H groups in total. The maximum Gasteiger partial charge on any atom is 0.338 e. The number of benzene rings is 2. The summed E-state index contributed by atoms with van der Waals surface area (Å²) in [7, 11) is 0. The minimum absolute atomic E-state index is 0.0192. The first-order valence-electron chi connectivity index (χ1n) is 6.64. The van der Waals surface area contributed by atoms with Crippen molar-refractivity contribution in [2.24, 2.45) is 0 Å². The number of esters is 2. The lowest BCUT2D eigenvalue weighted by molar-refractivity contribution is -0.384. The number of non-ortho nitro benzene ring substituents is 1. The summed E-state index contributed by atoms with van der Waals surface area (Å²) in [4.78, 5) is 32.9. The molecule has 2 aromatic rings. The van der Waals surface area contributed by atoms with Crippen LogP contribution in [0.5, 0.6) is 5.75 Å². The number of nitro groups is 1. The molecule has 0 amide bonds. The summed E-state index contributed by atoms with van der Waals surface area (Å²) in [6, 6.07) is 11.8. The van der Waals surface area contributed by atoms with E-state index in [0.29, 0.717) is 5.56 Å². The van der Waals surface area contributed by atoms with Crippen molar-refractivity contribution in [2.45, 2.75) is 13.5 Å². The highest BCUT2D eigenvalue weighted by molar-refractivity contribution is 5.90. The molecular formula is C16H13NO6. The first-order chi connectivity index (χ1) is 11.0. The number of nitrogens with zero attached hydrogens (tertiary/aromatic N) is 1. The number of hydrogen-bond acceptors (Lipinski definition) is 6. The van der Waals surface area contributed by atoms with Gasteiger partial charge < -0.3 is 9.47 Å². The predicted molar refractivity (Wildman–Crippen MR) is 80.0 cm³/mol. The number of hydrogen-bond donors (Lipinski definition) is 0. The predicted octanol–water partition coefficient (Wildman–Crippen LogP) is 2.88. The first kappa shape index (κ1) is 16.2. The van der Waals surface area contributed by atoms with Crippen LogP contribution in [0, 0.1) is 10.1 Å². The number of carbonyl (C=O) groups excluding carboxylic acids is 2. The molecule has 0 saturated heterocycles. The molecule has 0 aromatic heterocycles. The Labute approximate surface area is 131 Å². The van der Waals surface area contributed by atoms with Gasteiger partial charge in [0.25, 0.3) is 5.69 Å². The van der Waals surface area contributed by atoms with Crippen LogP contribution in [0.15, 0.2) is 48.5 Å². The van der Waals surface area contributed by atoms with Gasteiger partial charge in [0.15, 0.2) is 0 Å². The molecule has 0 aliphatic rings. The highest BCUT2D eigenvalue weighted by Gasteiger charge is 2.10. The van der Waals surface area contributed by atoms with Gasteiger partial charge in [0.05, 0.1) is 10.5 Å². The smallest absolute Gasteiger partial charge is 0.338 e. The summed E-state index contributed by atoms with van der Waals surface area (Å²) in [6.45, 7) is 1.24. The fourth-order valence-corrected chi connectivity index (χ4v) is 1.80. The second-order valence-corrected chi connectivity index (χ2v) is 4.62. The Bertz CT molecular complexity index is 738. The van der Waals surface area contributed by atoms with Crippen molar-refractivity contribution in [3.05, 3.63) is 69.8 Å². The Hall–Kier alpha value is -3.22. The molecule has 0 spiro atoms. The van der Waals surface area contributed by atoms with Gasteiger partial charge in [-0.25, -0.2) is 4.79 Å². The largest absolute Gasteiger partial charge is 0.457 e. The Morgan fingerprint density at radius 3 is 2.43 bits per heavy atom. The van der Waals surface area contributed by atoms with Crippen LogP contribution in [0.3, 0.4) is 0 Å². The quantitative estimate of drug-likeness (QED) is 0.364. The van der Waals surface area contributed by atoms with Gasteiger partial charge in [-0.1, -0.05) is 6.07 Å². The van der Waals surface area contributed by atoms with Gasteiger partial charge in [-0.15, -0.1) is 0 Å². The van der Waals surface area contributed by atoms with Crippen molar-refractivity contribution in [1.82, 2.24) is 0 Å². The van der Waals surface area contributed by atoms with E-state index < -0.39 is 16.9 Å². The maximum atomic E-state index is 12.0. The number of carbonyl (C=O) groups is 2. The maximum absolute atomic E-state index is 12.0. The summed E-state index contributed by atoms with van der Waals surface area (Å²) in [5.74, 6) is -0.818. The van der Waals surface area contributed by atoms with Crippen LogP contribution in [-0.2, 0) is 16.1 Å². The minimum atomic E-state index is -0.586. The van der Waals surface area contributed by atoms with E-state index in [1.54, 1.807) is 12.1 Å². The monoisotopic (exact) mass is 315 g/mol. The summed E-state index contributed by atoms with van der Waals surface area (Å²) in [5, 5.41) is 10.6. The number of ether oxygens (including phenoxy) is 2. The Morgan fingerprint density at radius 1 is 1.13 bits per heavy atom. The van der Waals surface area contributed by atoms with Crippen LogP contribution in [0.2, 0.25) is 0 Å². The molecule has 0 saturated carbocycles. The molecule has 7 heteroatoms. The minimum Gasteiger partial charge on any atom is -0.457 e. The average Bonchev–Trinajstić information content (AvgIpc) is 2.52. The molecule has 0 aliphatic carbocycles. The SMILES string of the molecule is CC(=O)Oc1cccc(C(=O)OCc2ccc([N+](=O)[O-])cc2)c1. The summed E-state index contributed by atoms with van der Waals surface area (Å²) in [5.41, 5.74) is 0.833. The van der Waals surface area contributed by atoms with Crippen LogP contribution in [0.25, 0.3) is 0 Å². The van der Waals surface area contributed by atoms with E-state index in [2.05, 4.69) is 0 Å². The zero-order chi connectivity index (χ0) is 16.8. The third-order valence-electron chi connectivity index (χ3n) is 2.85. The van der Waals surface area contributed by atoms with Crippen LogP contribution in [0.4, 0.5) is 5.69 Å². The third kappa shape index (κ3) is 4.63. The van der Waals surface area contributed by atoms with Crippen molar-refractivity contribution in [3.63, 3.8) is 0 Å². The summed E-state index contributed by atoms with van der Waals surface area (Å²) < 4.78 is 10.0. The average molecular weight is 315 g/mol. The third-order valence-corrected chi connectivity index (χ3v) is 2.85. The number of nitro benzene ring substituents is 1. The fraction of sp³-hybridized carbons (Fsp3) is 0.125. The van der Waals surface area contributed by atoms with Gasteiger partial charge in [-0.05, 0) is 35.9 Å². The van der Waals surface area contributed by atoms with Gasteiger partial charge in [-0.3, -0.25) is 14.9 Å². The molecule has 0 bridgehead atoms. The van der Waals surface area contributed by atoms with E-state index in [1.807, 2.05) is 0 Å². The summed E-state index contributed by atoms with van der Waals surface area (Å²) in [6.07, 6.45) is 0. The molecule has 23 heavy (non-hydrogen) atoms. The molecule has 0 fully saturated rings. The zero-order valence-corrected chi connectivity index (χ0v) is 12.2. The van der Waals surface area contributed by atoms with Crippen molar-refractivity contribution < 1.29 is 24.0 Å². The lowest BCUT2D eigenvalue weighted by Gasteiger charge is -2.06. The van der Waals surface area contributed by atoms with Crippen LogP contribution < -0.4 is 4.74 Å². The molecule has 0 heterocycles. The Morgan fingerprint density at radius 2 is 1.83 bits per heavy atom. The lowest BCUT2D eigenvalue weighted by atomic mass is 10.2. The molecule has 7 nitrogen and oxygen atoms in total. The summed E-state index contributed by atoms with van der Waals surface area (Å²) >= 11 is 0. The lowest BCUT2D eigenvalue weighted by Crippen LogP contribution is -2.07. The molecule has 0 radical (unpaired) electrons. The van der Waals surface area contributed by atoms with E-state index in [1.165, 1.54) is 43.3 Å². The second kappa shape index (κ2) is 7.17. The van der Waals surface area contributed by atoms with Crippen molar-refractivity contribution in [2.75, 3.05) is 0 Å². The standard InChI is InChI=1S/C16H13NO6/c1-11(18)23-15-4-2-3-13(9-15)16(19)22-10-12-5-7-14(8-6-12)17(20)21/h2-9H,10H2,1H3. The van der Waals surface area contributed by atoms with Crippen LogP contribution >= 0.6 is 0 Å². The molecule has 2 rings (SSSR count). The van der Waals surface area contributed by atoms with Gasteiger partial charge in [0.1, 0.15) is 12.4 Å². The van der Waals surface area contributed by atoms with Gasteiger partial charge in [0, 0.05) is 19.1 Å². The molecule has 2 aromatic carbocycles. The fourth-order valence-electron chi connectivity index (χ4n) is 1.80. The van der Waals surface area contributed by atoms with Crippen molar-refractivity contribution in [1.29, 1.82) is 0 Å². The highest BCUT2D eigenvalue weighted by atomic mass is 16.6. The van der Waals surface area contributed by atoms with Crippen molar-refractivity contribution >= 4 is 17.6 Å². The Kier molecular flexibility index (Phi) is 5.03. The van der Waals surface area contributed by atoms with Crippen LogP contribution in [0.1, 0.15) is 22.8 Å². The Balaban J connectivity index is 1.99. The number of rotatable bonds is 5. The van der Waals surface area contributed by atoms with Gasteiger partial charge >= 0.3 is 11.9 Å². The van der Waals surface area contributed by atoms with Gasteiger partial charge in [0.2, 0.25) is 0 Å². The van der Waals surface area contributed by atoms with E-state index in [0.717, 1.165) is 0 Å². The van der Waals surface area contributed by atoms with E-state index in [4.69, 9.17) is 9.47 Å². The van der Waals surface area contributed by atoms with Crippen LogP contribution in [-0.4, -0.2) is 16.9 Å². The molecular weight excluding hydrogens is 302 g/mol. The van der Waals surface area contributed by atoms with E-state index in [9.17, 15) is 19.7 Å². The van der Waals surface area contributed by atoms with E-state index >= 15 is 0 Å². The topological polar surface area (TPSA) is 95.7 Å². The normalized spacial score (nSPS) is 9.96.